The van der Waals surface area contributed by atoms with E-state index in [1.807, 2.05) is 45.0 Å². The molecular weight excluding hydrogens is 252 g/mol. The van der Waals surface area contributed by atoms with Crippen LogP contribution in [-0.2, 0) is 0 Å². The number of hydrogen-bond donors (Lipinski definition) is 2. The van der Waals surface area contributed by atoms with Crippen molar-refractivity contribution in [3.05, 3.63) is 53.6 Å². The quantitative estimate of drug-likeness (QED) is 0.644. The van der Waals surface area contributed by atoms with Crippen molar-refractivity contribution in [2.24, 2.45) is 5.84 Å². The van der Waals surface area contributed by atoms with Crippen molar-refractivity contribution in [1.82, 2.24) is 15.4 Å². The molecule has 2 aromatic heterocycles. The van der Waals surface area contributed by atoms with Gasteiger partial charge in [0.05, 0.1) is 24.0 Å². The standard InChI is InChI=1S/C15H20N4O/c1-10(2)20-13-7-12(8-17-9-13)15(19-16)14-6-4-5-11(3)18-14/h4-10,15,19H,16H2,1-3H3. The Morgan fingerprint density at radius 1 is 1.25 bits per heavy atom. The molecule has 2 rings (SSSR count). The third-order valence-electron chi connectivity index (χ3n) is 2.81. The Kier molecular flexibility index (Phi) is 4.65. The minimum atomic E-state index is -0.210. The van der Waals surface area contributed by atoms with E-state index >= 15 is 0 Å². The maximum Gasteiger partial charge on any atom is 0.138 e. The van der Waals surface area contributed by atoms with Crippen LogP contribution in [0.15, 0.2) is 36.7 Å². The summed E-state index contributed by atoms with van der Waals surface area (Å²) in [5.41, 5.74) is 5.51. The van der Waals surface area contributed by atoms with Crippen LogP contribution in [0, 0.1) is 6.92 Å². The Morgan fingerprint density at radius 2 is 2.05 bits per heavy atom. The van der Waals surface area contributed by atoms with Crippen LogP contribution in [0.2, 0.25) is 0 Å². The molecule has 2 heterocycles. The first-order valence-corrected chi connectivity index (χ1v) is 6.61. The average molecular weight is 272 g/mol. The Labute approximate surface area is 119 Å². The Hall–Kier alpha value is -1.98. The van der Waals surface area contributed by atoms with Crippen LogP contribution in [-0.4, -0.2) is 16.1 Å². The zero-order valence-corrected chi connectivity index (χ0v) is 12.0. The lowest BCUT2D eigenvalue weighted by Crippen LogP contribution is -2.29. The molecule has 20 heavy (non-hydrogen) atoms. The molecule has 2 aromatic rings. The van der Waals surface area contributed by atoms with Crippen molar-refractivity contribution >= 4 is 0 Å². The number of ether oxygens (including phenoxy) is 1. The number of nitrogens with one attached hydrogen (secondary N) is 1. The van der Waals surface area contributed by atoms with Gasteiger partial charge in [-0.25, -0.2) is 5.43 Å². The zero-order chi connectivity index (χ0) is 14.5. The van der Waals surface area contributed by atoms with Gasteiger partial charge < -0.3 is 4.74 Å². The summed E-state index contributed by atoms with van der Waals surface area (Å²) in [6.45, 7) is 5.91. The third kappa shape index (κ3) is 3.53. The normalized spacial score (nSPS) is 12.4. The van der Waals surface area contributed by atoms with Crippen LogP contribution in [0.5, 0.6) is 5.75 Å². The van der Waals surface area contributed by atoms with Gasteiger partial charge in [0.15, 0.2) is 0 Å². The Balaban J connectivity index is 2.32. The number of aromatic nitrogens is 2. The number of pyridine rings is 2. The predicted octanol–water partition coefficient (Wildman–Crippen LogP) is 2.12. The van der Waals surface area contributed by atoms with Crippen LogP contribution in [0.25, 0.3) is 0 Å². The lowest BCUT2D eigenvalue weighted by molar-refractivity contribution is 0.241. The van der Waals surface area contributed by atoms with Gasteiger partial charge in [-0.05, 0) is 44.5 Å². The fourth-order valence-corrected chi connectivity index (χ4v) is 2.01. The number of aryl methyl sites for hydroxylation is 1. The van der Waals surface area contributed by atoms with E-state index < -0.39 is 0 Å². The molecule has 0 aromatic carbocycles. The highest BCUT2D eigenvalue weighted by Crippen LogP contribution is 2.23. The fourth-order valence-electron chi connectivity index (χ4n) is 2.01. The summed E-state index contributed by atoms with van der Waals surface area (Å²) < 4.78 is 5.66. The molecule has 3 N–H and O–H groups in total. The van der Waals surface area contributed by atoms with Gasteiger partial charge in [0.2, 0.25) is 0 Å². The Bertz CT molecular complexity index is 571. The second kappa shape index (κ2) is 6.45. The summed E-state index contributed by atoms with van der Waals surface area (Å²) in [5.74, 6) is 6.41. The summed E-state index contributed by atoms with van der Waals surface area (Å²) in [4.78, 5) is 8.71. The van der Waals surface area contributed by atoms with E-state index in [0.29, 0.717) is 0 Å². The number of nitrogens with zero attached hydrogens (tertiary/aromatic N) is 2. The van der Waals surface area contributed by atoms with Crippen LogP contribution in [0.3, 0.4) is 0 Å². The van der Waals surface area contributed by atoms with Gasteiger partial charge in [-0.2, -0.15) is 0 Å². The van der Waals surface area contributed by atoms with Crippen LogP contribution >= 0.6 is 0 Å². The topological polar surface area (TPSA) is 73.1 Å². The molecule has 106 valence electrons. The summed E-state index contributed by atoms with van der Waals surface area (Å²) in [6.07, 6.45) is 3.57. The second-order valence-electron chi connectivity index (χ2n) is 4.92. The first kappa shape index (κ1) is 14.4. The maximum atomic E-state index is 5.68. The molecule has 0 saturated carbocycles. The van der Waals surface area contributed by atoms with Crippen LogP contribution in [0.4, 0.5) is 0 Å². The number of rotatable bonds is 5. The Morgan fingerprint density at radius 3 is 2.70 bits per heavy atom. The molecule has 1 unspecified atom stereocenters. The molecular formula is C15H20N4O. The molecule has 0 spiro atoms. The zero-order valence-electron chi connectivity index (χ0n) is 12.0. The summed E-state index contributed by atoms with van der Waals surface area (Å²) in [7, 11) is 0. The number of hydrazine groups is 1. The van der Waals surface area contributed by atoms with Crippen molar-refractivity contribution in [2.75, 3.05) is 0 Å². The molecule has 0 amide bonds. The van der Waals surface area contributed by atoms with E-state index in [1.165, 1.54) is 0 Å². The second-order valence-corrected chi connectivity index (χ2v) is 4.92. The van der Waals surface area contributed by atoms with Gasteiger partial charge in [0, 0.05) is 11.9 Å². The monoisotopic (exact) mass is 272 g/mol. The average Bonchev–Trinajstić information content (AvgIpc) is 2.39. The predicted molar refractivity (Wildman–Crippen MR) is 78.1 cm³/mol. The molecule has 0 saturated heterocycles. The molecule has 0 aliphatic carbocycles. The highest BCUT2D eigenvalue weighted by Gasteiger charge is 2.15. The minimum absolute atomic E-state index is 0.105. The number of hydrogen-bond acceptors (Lipinski definition) is 5. The van der Waals surface area contributed by atoms with E-state index in [-0.39, 0.29) is 12.1 Å². The largest absolute Gasteiger partial charge is 0.489 e. The molecule has 0 radical (unpaired) electrons. The third-order valence-corrected chi connectivity index (χ3v) is 2.81. The van der Waals surface area contributed by atoms with Gasteiger partial charge in [0.25, 0.3) is 0 Å². The molecule has 0 fully saturated rings. The van der Waals surface area contributed by atoms with Gasteiger partial charge in [-0.1, -0.05) is 6.07 Å². The van der Waals surface area contributed by atoms with Gasteiger partial charge in [-0.3, -0.25) is 15.8 Å². The summed E-state index contributed by atoms with van der Waals surface area (Å²) in [5, 5.41) is 0. The lowest BCUT2D eigenvalue weighted by atomic mass is 10.1. The fraction of sp³-hybridized carbons (Fsp3) is 0.333. The summed E-state index contributed by atoms with van der Waals surface area (Å²) >= 11 is 0. The van der Waals surface area contributed by atoms with E-state index in [0.717, 1.165) is 22.7 Å². The van der Waals surface area contributed by atoms with E-state index in [9.17, 15) is 0 Å². The van der Waals surface area contributed by atoms with E-state index in [1.54, 1.807) is 12.4 Å². The van der Waals surface area contributed by atoms with Crippen molar-refractivity contribution in [3.8, 4) is 5.75 Å². The van der Waals surface area contributed by atoms with Crippen LogP contribution < -0.4 is 16.0 Å². The summed E-state index contributed by atoms with van der Waals surface area (Å²) in [6, 6.07) is 7.57. The van der Waals surface area contributed by atoms with Gasteiger partial charge in [-0.15, -0.1) is 0 Å². The molecule has 0 bridgehead atoms. The van der Waals surface area contributed by atoms with Crippen molar-refractivity contribution < 1.29 is 4.74 Å². The molecule has 0 aliphatic rings. The van der Waals surface area contributed by atoms with Gasteiger partial charge >= 0.3 is 0 Å². The lowest BCUT2D eigenvalue weighted by Gasteiger charge is -2.17. The highest BCUT2D eigenvalue weighted by molar-refractivity contribution is 5.31. The maximum absolute atomic E-state index is 5.68. The van der Waals surface area contributed by atoms with E-state index in [4.69, 9.17) is 10.6 Å². The van der Waals surface area contributed by atoms with E-state index in [2.05, 4.69) is 15.4 Å². The van der Waals surface area contributed by atoms with Crippen molar-refractivity contribution in [2.45, 2.75) is 32.9 Å². The molecule has 1 atom stereocenters. The molecule has 5 nitrogen and oxygen atoms in total. The first-order valence-electron chi connectivity index (χ1n) is 6.61. The minimum Gasteiger partial charge on any atom is -0.489 e. The molecule has 5 heteroatoms. The van der Waals surface area contributed by atoms with Crippen molar-refractivity contribution in [3.63, 3.8) is 0 Å². The highest BCUT2D eigenvalue weighted by atomic mass is 16.5. The first-order chi connectivity index (χ1) is 9.60. The molecule has 0 aliphatic heterocycles. The number of nitrogens with two attached hydrogens (primary N) is 1. The van der Waals surface area contributed by atoms with Gasteiger partial charge in [0.1, 0.15) is 5.75 Å². The smallest absolute Gasteiger partial charge is 0.138 e. The SMILES string of the molecule is Cc1cccc(C(NN)c2cncc(OC(C)C)c2)n1. The van der Waals surface area contributed by atoms with Crippen molar-refractivity contribution in [1.29, 1.82) is 0 Å². The van der Waals surface area contributed by atoms with Crippen LogP contribution in [0.1, 0.15) is 36.8 Å².